The zero-order chi connectivity index (χ0) is 17.0. The van der Waals surface area contributed by atoms with Crippen LogP contribution in [0.15, 0.2) is 12.1 Å². The molecular weight excluding hydrogens is 292 g/mol. The Labute approximate surface area is 140 Å². The number of aliphatic hydroxyl groups excluding tert-OH is 1. The average molecular weight is 325 g/mol. The summed E-state index contributed by atoms with van der Waals surface area (Å²) < 4.78 is 0. The van der Waals surface area contributed by atoms with Gasteiger partial charge in [0.05, 0.1) is 6.61 Å². The number of aromatic hydroxyl groups is 1. The predicted molar refractivity (Wildman–Crippen MR) is 98.2 cm³/mol. The summed E-state index contributed by atoms with van der Waals surface area (Å²) in [7, 11) is 0. The molecule has 2 N–H and O–H groups in total. The number of phenols is 1. The third-order valence-corrected chi connectivity index (χ3v) is 4.82. The summed E-state index contributed by atoms with van der Waals surface area (Å²) in [6.45, 7) is 13.1. The van der Waals surface area contributed by atoms with Crippen molar-refractivity contribution in [2.45, 2.75) is 65.2 Å². The van der Waals surface area contributed by atoms with Crippen LogP contribution in [0.3, 0.4) is 0 Å². The van der Waals surface area contributed by atoms with Gasteiger partial charge < -0.3 is 10.2 Å². The van der Waals surface area contributed by atoms with Gasteiger partial charge in [0.1, 0.15) is 5.75 Å². The van der Waals surface area contributed by atoms with Crippen LogP contribution in [0.25, 0.3) is 0 Å². The van der Waals surface area contributed by atoms with E-state index in [1.54, 1.807) is 11.8 Å². The van der Waals surface area contributed by atoms with Crippen LogP contribution < -0.4 is 0 Å². The van der Waals surface area contributed by atoms with E-state index in [9.17, 15) is 5.11 Å². The molecule has 0 aliphatic rings. The Hall–Kier alpha value is -0.670. The third kappa shape index (κ3) is 5.51. The van der Waals surface area contributed by atoms with E-state index in [4.69, 9.17) is 5.11 Å². The molecule has 0 fully saturated rings. The number of rotatable bonds is 6. The van der Waals surface area contributed by atoms with E-state index in [0.29, 0.717) is 5.75 Å². The summed E-state index contributed by atoms with van der Waals surface area (Å²) in [6.07, 6.45) is 2.12. The lowest BCUT2D eigenvalue weighted by Gasteiger charge is -2.28. The van der Waals surface area contributed by atoms with Crippen LogP contribution in [-0.4, -0.2) is 28.3 Å². The van der Waals surface area contributed by atoms with Crippen molar-refractivity contribution in [3.05, 3.63) is 28.8 Å². The van der Waals surface area contributed by atoms with Gasteiger partial charge in [0.2, 0.25) is 0 Å². The number of phenolic OH excluding ortho intramolecular Hbond substituents is 1. The van der Waals surface area contributed by atoms with Crippen molar-refractivity contribution in [3.63, 3.8) is 0 Å². The maximum Gasteiger partial charge on any atom is 0.123 e. The second kappa shape index (κ2) is 7.74. The maximum absolute atomic E-state index is 10.7. The molecule has 0 atom stereocenters. The highest BCUT2D eigenvalue weighted by Crippen LogP contribution is 2.39. The highest BCUT2D eigenvalue weighted by atomic mass is 32.2. The van der Waals surface area contributed by atoms with Crippen LogP contribution in [-0.2, 0) is 17.3 Å². The number of hydrogen-bond donors (Lipinski definition) is 2. The largest absolute Gasteiger partial charge is 0.507 e. The molecule has 126 valence electrons. The summed E-state index contributed by atoms with van der Waals surface area (Å²) in [5.74, 6) is 2.34. The molecule has 2 nitrogen and oxygen atoms in total. The van der Waals surface area contributed by atoms with Gasteiger partial charge in [-0.3, -0.25) is 0 Å². The summed E-state index contributed by atoms with van der Waals surface area (Å²) in [5.41, 5.74) is 3.26. The Bertz CT molecular complexity index is 446. The van der Waals surface area contributed by atoms with E-state index in [-0.39, 0.29) is 17.4 Å². The van der Waals surface area contributed by atoms with Crippen LogP contribution in [0, 0.1) is 0 Å². The zero-order valence-corrected chi connectivity index (χ0v) is 15.8. The van der Waals surface area contributed by atoms with Crippen molar-refractivity contribution in [1.29, 1.82) is 0 Å². The lowest BCUT2D eigenvalue weighted by molar-refractivity contribution is 0.322. The molecule has 0 bridgehead atoms. The first-order valence-electron chi connectivity index (χ1n) is 8.13. The second-order valence-electron chi connectivity index (χ2n) is 7.98. The van der Waals surface area contributed by atoms with E-state index < -0.39 is 0 Å². The van der Waals surface area contributed by atoms with Crippen molar-refractivity contribution in [3.8, 4) is 5.75 Å². The SMILES string of the molecule is CC(C)(C)c1cc(CCCSCCO)cc(C(C)(C)C)c1O. The lowest BCUT2D eigenvalue weighted by Crippen LogP contribution is -2.18. The average Bonchev–Trinajstić information content (AvgIpc) is 2.37. The highest BCUT2D eigenvalue weighted by Gasteiger charge is 2.26. The number of thioether (sulfide) groups is 1. The molecule has 1 aromatic rings. The van der Waals surface area contributed by atoms with Crippen LogP contribution in [0.2, 0.25) is 0 Å². The smallest absolute Gasteiger partial charge is 0.123 e. The van der Waals surface area contributed by atoms with Crippen molar-refractivity contribution in [2.24, 2.45) is 0 Å². The Balaban J connectivity index is 3.03. The molecule has 0 spiro atoms. The molecule has 0 amide bonds. The van der Waals surface area contributed by atoms with E-state index in [2.05, 4.69) is 53.7 Å². The zero-order valence-electron chi connectivity index (χ0n) is 15.0. The van der Waals surface area contributed by atoms with E-state index in [0.717, 1.165) is 35.5 Å². The quantitative estimate of drug-likeness (QED) is 0.749. The van der Waals surface area contributed by atoms with Crippen molar-refractivity contribution >= 4 is 11.8 Å². The fourth-order valence-corrected chi connectivity index (χ4v) is 3.21. The molecule has 22 heavy (non-hydrogen) atoms. The molecule has 1 aromatic carbocycles. The fraction of sp³-hybridized carbons (Fsp3) is 0.684. The Morgan fingerprint density at radius 3 is 1.82 bits per heavy atom. The normalized spacial score (nSPS) is 12.7. The maximum atomic E-state index is 10.7. The van der Waals surface area contributed by atoms with Gasteiger partial charge in [-0.15, -0.1) is 0 Å². The molecule has 0 saturated heterocycles. The summed E-state index contributed by atoms with van der Waals surface area (Å²) in [6, 6.07) is 4.34. The number of aryl methyl sites for hydroxylation is 1. The predicted octanol–water partition coefficient (Wildman–Crippen LogP) is 4.65. The fourth-order valence-electron chi connectivity index (χ4n) is 2.53. The minimum atomic E-state index is -0.0638. The first-order valence-corrected chi connectivity index (χ1v) is 9.28. The van der Waals surface area contributed by atoms with E-state index in [1.165, 1.54) is 5.56 Å². The van der Waals surface area contributed by atoms with Crippen molar-refractivity contribution < 1.29 is 10.2 Å². The third-order valence-electron chi connectivity index (χ3n) is 3.78. The number of aliphatic hydroxyl groups is 1. The molecule has 0 radical (unpaired) electrons. The van der Waals surface area contributed by atoms with Gasteiger partial charge in [0, 0.05) is 5.75 Å². The second-order valence-corrected chi connectivity index (χ2v) is 9.20. The summed E-state index contributed by atoms with van der Waals surface area (Å²) >= 11 is 1.80. The number of benzene rings is 1. The monoisotopic (exact) mass is 324 g/mol. The minimum Gasteiger partial charge on any atom is -0.507 e. The van der Waals surface area contributed by atoms with Gasteiger partial charge >= 0.3 is 0 Å². The van der Waals surface area contributed by atoms with Gasteiger partial charge in [0.25, 0.3) is 0 Å². The molecule has 0 unspecified atom stereocenters. The van der Waals surface area contributed by atoms with Crippen LogP contribution in [0.4, 0.5) is 0 Å². The molecule has 3 heteroatoms. The Morgan fingerprint density at radius 1 is 0.909 bits per heavy atom. The van der Waals surface area contributed by atoms with E-state index in [1.807, 2.05) is 0 Å². The van der Waals surface area contributed by atoms with Gasteiger partial charge in [-0.1, -0.05) is 53.7 Å². The lowest BCUT2D eigenvalue weighted by atomic mass is 9.78. The Morgan fingerprint density at radius 2 is 1.41 bits per heavy atom. The molecular formula is C19H32O2S. The van der Waals surface area contributed by atoms with Crippen LogP contribution >= 0.6 is 11.8 Å². The first kappa shape index (κ1) is 19.4. The molecule has 0 saturated carbocycles. The molecule has 0 heterocycles. The standard InChI is InChI=1S/C19H32O2S/c1-18(2,3)15-12-14(8-7-10-22-11-9-20)13-16(17(15)21)19(4,5)6/h12-13,20-21H,7-11H2,1-6H3. The van der Waals surface area contributed by atoms with Gasteiger partial charge in [-0.25, -0.2) is 0 Å². The molecule has 0 aromatic heterocycles. The van der Waals surface area contributed by atoms with E-state index >= 15 is 0 Å². The van der Waals surface area contributed by atoms with Gasteiger partial charge in [0.15, 0.2) is 0 Å². The summed E-state index contributed by atoms with van der Waals surface area (Å²) in [4.78, 5) is 0. The number of hydrogen-bond acceptors (Lipinski definition) is 3. The Kier molecular flexibility index (Phi) is 6.82. The topological polar surface area (TPSA) is 40.5 Å². The van der Waals surface area contributed by atoms with Gasteiger partial charge in [-0.05, 0) is 46.1 Å². The van der Waals surface area contributed by atoms with Crippen LogP contribution in [0.5, 0.6) is 5.75 Å². The molecule has 0 aliphatic heterocycles. The van der Waals surface area contributed by atoms with Crippen molar-refractivity contribution in [1.82, 2.24) is 0 Å². The first-order chi connectivity index (χ1) is 10.1. The molecule has 1 rings (SSSR count). The summed E-state index contributed by atoms with van der Waals surface area (Å²) in [5, 5.41) is 19.5. The van der Waals surface area contributed by atoms with Crippen LogP contribution in [0.1, 0.15) is 64.7 Å². The van der Waals surface area contributed by atoms with Gasteiger partial charge in [-0.2, -0.15) is 11.8 Å². The highest BCUT2D eigenvalue weighted by molar-refractivity contribution is 7.99. The minimum absolute atomic E-state index is 0.0638. The molecule has 0 aliphatic carbocycles. The van der Waals surface area contributed by atoms with Crippen molar-refractivity contribution in [2.75, 3.05) is 18.1 Å².